The SMILES string of the molecule is O=C(O)CCc1ccc(O)c(Cl)c1O. The molecule has 1 aromatic rings. The predicted octanol–water partition coefficient (Wildman–Crippen LogP) is 1.77. The first-order chi connectivity index (χ1) is 6.52. The van der Waals surface area contributed by atoms with E-state index < -0.39 is 5.97 Å². The second kappa shape index (κ2) is 4.19. The number of hydrogen-bond donors (Lipinski definition) is 3. The fourth-order valence-electron chi connectivity index (χ4n) is 1.04. The van der Waals surface area contributed by atoms with Gasteiger partial charge < -0.3 is 15.3 Å². The van der Waals surface area contributed by atoms with Gasteiger partial charge in [0.25, 0.3) is 0 Å². The minimum atomic E-state index is -0.950. The van der Waals surface area contributed by atoms with E-state index in [0.717, 1.165) is 0 Å². The molecule has 1 aromatic carbocycles. The van der Waals surface area contributed by atoms with Gasteiger partial charge in [0, 0.05) is 6.42 Å². The Kier molecular flexibility index (Phi) is 3.19. The van der Waals surface area contributed by atoms with Crippen LogP contribution in [0, 0.1) is 0 Å². The smallest absolute Gasteiger partial charge is 0.303 e. The number of aliphatic carboxylic acids is 1. The molecule has 1 rings (SSSR count). The van der Waals surface area contributed by atoms with Gasteiger partial charge >= 0.3 is 5.97 Å². The first-order valence-corrected chi connectivity index (χ1v) is 4.31. The highest BCUT2D eigenvalue weighted by Crippen LogP contribution is 2.35. The number of phenolic OH excluding ortho intramolecular Hbond substituents is 2. The number of rotatable bonds is 3. The summed E-state index contributed by atoms with van der Waals surface area (Å²) in [6, 6.07) is 2.76. The van der Waals surface area contributed by atoms with E-state index in [1.807, 2.05) is 0 Å². The van der Waals surface area contributed by atoms with E-state index in [0.29, 0.717) is 5.56 Å². The summed E-state index contributed by atoms with van der Waals surface area (Å²) in [5.74, 6) is -1.43. The molecule has 0 unspecified atom stereocenters. The van der Waals surface area contributed by atoms with Crippen LogP contribution in [-0.2, 0) is 11.2 Å². The fourth-order valence-corrected chi connectivity index (χ4v) is 1.22. The van der Waals surface area contributed by atoms with Crippen molar-refractivity contribution in [2.45, 2.75) is 12.8 Å². The molecule has 0 aromatic heterocycles. The summed E-state index contributed by atoms with van der Waals surface area (Å²) >= 11 is 5.55. The quantitative estimate of drug-likeness (QED) is 0.720. The monoisotopic (exact) mass is 216 g/mol. The molecule has 0 aliphatic rings. The molecule has 0 aliphatic heterocycles. The Morgan fingerprint density at radius 1 is 1.36 bits per heavy atom. The summed E-state index contributed by atoms with van der Waals surface area (Å²) in [5, 5.41) is 26.8. The Morgan fingerprint density at radius 2 is 2.00 bits per heavy atom. The largest absolute Gasteiger partial charge is 0.506 e. The number of carbonyl (C=O) groups is 1. The molecule has 0 bridgehead atoms. The van der Waals surface area contributed by atoms with Gasteiger partial charge in [0.2, 0.25) is 0 Å². The normalized spacial score (nSPS) is 10.1. The Hall–Kier alpha value is -1.42. The van der Waals surface area contributed by atoms with E-state index >= 15 is 0 Å². The van der Waals surface area contributed by atoms with Crippen molar-refractivity contribution in [3.8, 4) is 11.5 Å². The third-order valence-electron chi connectivity index (χ3n) is 1.79. The minimum absolute atomic E-state index is 0.0886. The van der Waals surface area contributed by atoms with Crippen LogP contribution in [0.4, 0.5) is 0 Å². The zero-order valence-electron chi connectivity index (χ0n) is 7.20. The van der Waals surface area contributed by atoms with Crippen LogP contribution in [0.2, 0.25) is 5.02 Å². The molecule has 0 fully saturated rings. The Balaban J connectivity index is 2.88. The van der Waals surface area contributed by atoms with Gasteiger partial charge in [-0.1, -0.05) is 17.7 Å². The van der Waals surface area contributed by atoms with Crippen LogP contribution in [-0.4, -0.2) is 21.3 Å². The average Bonchev–Trinajstić information content (AvgIpc) is 2.13. The second-order valence-electron chi connectivity index (χ2n) is 2.80. The maximum atomic E-state index is 10.3. The summed E-state index contributed by atoms with van der Waals surface area (Å²) in [5.41, 5.74) is 0.412. The van der Waals surface area contributed by atoms with Crippen LogP contribution in [0.1, 0.15) is 12.0 Å². The summed E-state index contributed by atoms with van der Waals surface area (Å²) in [6.45, 7) is 0. The van der Waals surface area contributed by atoms with Gasteiger partial charge in [0.05, 0.1) is 0 Å². The Bertz CT molecular complexity index is 362. The van der Waals surface area contributed by atoms with Crippen molar-refractivity contribution >= 4 is 17.6 Å². The molecule has 0 radical (unpaired) electrons. The second-order valence-corrected chi connectivity index (χ2v) is 3.18. The van der Waals surface area contributed by atoms with E-state index in [9.17, 15) is 9.90 Å². The predicted molar refractivity (Wildman–Crippen MR) is 50.7 cm³/mol. The maximum Gasteiger partial charge on any atom is 0.303 e. The van der Waals surface area contributed by atoms with Crippen molar-refractivity contribution in [2.75, 3.05) is 0 Å². The lowest BCUT2D eigenvalue weighted by atomic mass is 10.1. The Labute approximate surface area is 85.4 Å². The van der Waals surface area contributed by atoms with Gasteiger partial charge in [0.15, 0.2) is 0 Å². The summed E-state index contributed by atoms with van der Waals surface area (Å²) in [4.78, 5) is 10.3. The molecule has 0 saturated heterocycles. The molecule has 76 valence electrons. The molecule has 3 N–H and O–H groups in total. The highest BCUT2D eigenvalue weighted by atomic mass is 35.5. The van der Waals surface area contributed by atoms with Crippen molar-refractivity contribution in [3.63, 3.8) is 0 Å². The zero-order chi connectivity index (χ0) is 10.7. The highest BCUT2D eigenvalue weighted by Gasteiger charge is 2.10. The summed E-state index contributed by atoms with van der Waals surface area (Å²) in [7, 11) is 0. The van der Waals surface area contributed by atoms with Crippen molar-refractivity contribution in [2.24, 2.45) is 0 Å². The van der Waals surface area contributed by atoms with Crippen LogP contribution >= 0.6 is 11.6 Å². The van der Waals surface area contributed by atoms with E-state index in [-0.39, 0.29) is 29.4 Å². The number of hydrogen-bond acceptors (Lipinski definition) is 3. The lowest BCUT2D eigenvalue weighted by molar-refractivity contribution is -0.136. The maximum absolute atomic E-state index is 10.3. The van der Waals surface area contributed by atoms with Crippen LogP contribution in [0.5, 0.6) is 11.5 Å². The topological polar surface area (TPSA) is 77.8 Å². The third-order valence-corrected chi connectivity index (χ3v) is 2.16. The van der Waals surface area contributed by atoms with Crippen LogP contribution in [0.25, 0.3) is 0 Å². The molecule has 0 heterocycles. The van der Waals surface area contributed by atoms with Crippen molar-refractivity contribution in [3.05, 3.63) is 22.7 Å². The number of carboxylic acids is 1. The average molecular weight is 217 g/mol. The number of carboxylic acid groups (broad SMARTS) is 1. The first kappa shape index (κ1) is 10.7. The molecular formula is C9H9ClO4. The summed E-state index contributed by atoms with van der Waals surface area (Å²) < 4.78 is 0. The first-order valence-electron chi connectivity index (χ1n) is 3.93. The van der Waals surface area contributed by atoms with Crippen molar-refractivity contribution in [1.82, 2.24) is 0 Å². The number of aromatic hydroxyl groups is 2. The molecule has 4 nitrogen and oxygen atoms in total. The van der Waals surface area contributed by atoms with Crippen LogP contribution in [0.15, 0.2) is 12.1 Å². The lowest BCUT2D eigenvalue weighted by Gasteiger charge is -2.05. The summed E-state index contributed by atoms with van der Waals surface area (Å²) in [6.07, 6.45) is 0.0931. The van der Waals surface area contributed by atoms with Crippen LogP contribution < -0.4 is 0 Å². The lowest BCUT2D eigenvalue weighted by Crippen LogP contribution is -1.97. The highest BCUT2D eigenvalue weighted by molar-refractivity contribution is 6.33. The third kappa shape index (κ3) is 2.29. The fraction of sp³-hybridized carbons (Fsp3) is 0.222. The van der Waals surface area contributed by atoms with Crippen molar-refractivity contribution < 1.29 is 20.1 Å². The Morgan fingerprint density at radius 3 is 2.57 bits per heavy atom. The molecule has 0 aliphatic carbocycles. The van der Waals surface area contributed by atoms with Gasteiger partial charge in [0.1, 0.15) is 16.5 Å². The van der Waals surface area contributed by atoms with E-state index in [1.165, 1.54) is 12.1 Å². The van der Waals surface area contributed by atoms with Gasteiger partial charge in [-0.3, -0.25) is 4.79 Å². The standard InChI is InChI=1S/C9H9ClO4/c10-8-6(11)3-1-5(9(8)14)2-4-7(12)13/h1,3,11,14H,2,4H2,(H,12,13). The van der Waals surface area contributed by atoms with Gasteiger partial charge in [-0.25, -0.2) is 0 Å². The molecule has 14 heavy (non-hydrogen) atoms. The molecule has 5 heteroatoms. The number of halogens is 1. The minimum Gasteiger partial charge on any atom is -0.506 e. The van der Waals surface area contributed by atoms with E-state index in [2.05, 4.69) is 0 Å². The van der Waals surface area contributed by atoms with Crippen molar-refractivity contribution in [1.29, 1.82) is 0 Å². The molecule has 0 spiro atoms. The number of aryl methyl sites for hydroxylation is 1. The van der Waals surface area contributed by atoms with Crippen LogP contribution in [0.3, 0.4) is 0 Å². The van der Waals surface area contributed by atoms with E-state index in [1.54, 1.807) is 0 Å². The zero-order valence-corrected chi connectivity index (χ0v) is 7.95. The van der Waals surface area contributed by atoms with Gasteiger partial charge in [-0.2, -0.15) is 0 Å². The van der Waals surface area contributed by atoms with Gasteiger partial charge in [-0.05, 0) is 18.1 Å². The molecule has 0 atom stereocenters. The van der Waals surface area contributed by atoms with E-state index in [4.69, 9.17) is 21.8 Å². The number of phenols is 2. The van der Waals surface area contributed by atoms with Gasteiger partial charge in [-0.15, -0.1) is 0 Å². The molecule has 0 saturated carbocycles. The molecular weight excluding hydrogens is 208 g/mol. The molecule has 0 amide bonds. The number of benzene rings is 1.